The summed E-state index contributed by atoms with van der Waals surface area (Å²) in [4.78, 5) is 12.5. The van der Waals surface area contributed by atoms with Crippen molar-refractivity contribution in [2.75, 3.05) is 0 Å². The highest BCUT2D eigenvalue weighted by Gasteiger charge is 2.19. The van der Waals surface area contributed by atoms with Crippen LogP contribution in [0.5, 0.6) is 5.75 Å². The SMILES string of the molecule is CCC(Oc1ccc2ccccc2c1Br)C(=O)N/N=C\c1ccccc1Br. The summed E-state index contributed by atoms with van der Waals surface area (Å²) in [6.07, 6.45) is 1.48. The van der Waals surface area contributed by atoms with Gasteiger partial charge in [0.1, 0.15) is 5.75 Å². The zero-order valence-electron chi connectivity index (χ0n) is 14.7. The summed E-state index contributed by atoms with van der Waals surface area (Å²) in [7, 11) is 0. The molecule has 0 fully saturated rings. The third-order valence-electron chi connectivity index (χ3n) is 4.04. The number of nitrogens with one attached hydrogen (secondary N) is 1. The molecule has 3 aromatic carbocycles. The largest absolute Gasteiger partial charge is 0.479 e. The van der Waals surface area contributed by atoms with Gasteiger partial charge in [-0.2, -0.15) is 5.10 Å². The summed E-state index contributed by atoms with van der Waals surface area (Å²) in [6.45, 7) is 1.90. The standard InChI is InChI=1S/C21H18Br2N2O2/c1-2-18(21(26)25-24-13-15-8-4-6-10-17(15)22)27-19-12-11-14-7-3-5-9-16(14)20(19)23/h3-13,18H,2H2,1H3,(H,25,26)/b24-13-. The molecule has 0 aliphatic heterocycles. The van der Waals surface area contributed by atoms with Gasteiger partial charge in [-0.25, -0.2) is 5.43 Å². The van der Waals surface area contributed by atoms with Crippen LogP contribution < -0.4 is 10.2 Å². The number of carbonyl (C=O) groups excluding carboxylic acids is 1. The van der Waals surface area contributed by atoms with Crippen LogP contribution in [0.15, 0.2) is 74.7 Å². The van der Waals surface area contributed by atoms with Gasteiger partial charge in [0.2, 0.25) is 0 Å². The van der Waals surface area contributed by atoms with Crippen molar-refractivity contribution in [2.24, 2.45) is 5.10 Å². The highest BCUT2D eigenvalue weighted by molar-refractivity contribution is 9.11. The lowest BCUT2D eigenvalue weighted by atomic mass is 10.1. The molecule has 0 heterocycles. The molecule has 1 unspecified atom stereocenters. The fourth-order valence-electron chi connectivity index (χ4n) is 2.60. The number of ether oxygens (including phenoxy) is 1. The molecule has 4 nitrogen and oxygen atoms in total. The number of nitrogens with zero attached hydrogens (tertiary/aromatic N) is 1. The third-order valence-corrected chi connectivity index (χ3v) is 5.58. The molecule has 0 saturated heterocycles. The molecule has 0 aromatic heterocycles. The van der Waals surface area contributed by atoms with Crippen molar-refractivity contribution < 1.29 is 9.53 Å². The molecule has 0 aliphatic rings. The Labute approximate surface area is 174 Å². The Kier molecular flexibility index (Phi) is 6.63. The van der Waals surface area contributed by atoms with Crippen molar-refractivity contribution in [1.82, 2.24) is 5.43 Å². The molecule has 0 saturated carbocycles. The molecule has 138 valence electrons. The fourth-order valence-corrected chi connectivity index (χ4v) is 3.57. The van der Waals surface area contributed by atoms with Crippen LogP contribution in [0.25, 0.3) is 10.8 Å². The molecule has 0 bridgehead atoms. The highest BCUT2D eigenvalue weighted by Crippen LogP contribution is 2.33. The van der Waals surface area contributed by atoms with Crippen molar-refractivity contribution >= 4 is 54.8 Å². The van der Waals surface area contributed by atoms with Crippen molar-refractivity contribution in [1.29, 1.82) is 0 Å². The van der Waals surface area contributed by atoms with Crippen molar-refractivity contribution in [3.63, 3.8) is 0 Å². The van der Waals surface area contributed by atoms with Gasteiger partial charge in [0.15, 0.2) is 6.10 Å². The molecular weight excluding hydrogens is 472 g/mol. The van der Waals surface area contributed by atoms with Gasteiger partial charge in [-0.15, -0.1) is 0 Å². The average Bonchev–Trinajstić information content (AvgIpc) is 2.69. The van der Waals surface area contributed by atoms with E-state index >= 15 is 0 Å². The van der Waals surface area contributed by atoms with Gasteiger partial charge in [-0.05, 0) is 45.3 Å². The van der Waals surface area contributed by atoms with Crippen LogP contribution in [0.4, 0.5) is 0 Å². The second-order valence-corrected chi connectivity index (χ2v) is 7.52. The number of benzene rings is 3. The number of hydrazone groups is 1. The second kappa shape index (κ2) is 9.15. The maximum absolute atomic E-state index is 12.5. The van der Waals surface area contributed by atoms with Crippen molar-refractivity contribution in [2.45, 2.75) is 19.4 Å². The van der Waals surface area contributed by atoms with E-state index in [1.165, 1.54) is 0 Å². The maximum Gasteiger partial charge on any atom is 0.281 e. The fraction of sp³-hybridized carbons (Fsp3) is 0.143. The number of hydrogen-bond donors (Lipinski definition) is 1. The Bertz CT molecular complexity index is 989. The Morgan fingerprint density at radius 2 is 1.85 bits per heavy atom. The minimum Gasteiger partial charge on any atom is -0.479 e. The number of fused-ring (bicyclic) bond motifs is 1. The van der Waals surface area contributed by atoms with Crippen molar-refractivity contribution in [3.8, 4) is 5.75 Å². The van der Waals surface area contributed by atoms with Gasteiger partial charge in [0.05, 0.1) is 10.7 Å². The molecule has 1 amide bonds. The summed E-state index contributed by atoms with van der Waals surface area (Å²) in [6, 6.07) is 19.5. The molecular formula is C21H18Br2N2O2. The van der Waals surface area contributed by atoms with Crippen LogP contribution in [-0.2, 0) is 4.79 Å². The first-order chi connectivity index (χ1) is 13.1. The quantitative estimate of drug-likeness (QED) is 0.358. The number of amides is 1. The van der Waals surface area contributed by atoms with Crippen molar-refractivity contribution in [3.05, 3.63) is 75.2 Å². The van der Waals surface area contributed by atoms with E-state index in [1.807, 2.05) is 67.6 Å². The molecule has 0 aliphatic carbocycles. The molecule has 6 heteroatoms. The van der Waals surface area contributed by atoms with Gasteiger partial charge in [0, 0.05) is 10.0 Å². The van der Waals surface area contributed by atoms with E-state index < -0.39 is 6.10 Å². The van der Waals surface area contributed by atoms with Crippen LogP contribution in [0, 0.1) is 0 Å². The number of rotatable bonds is 6. The number of carbonyl (C=O) groups is 1. The van der Waals surface area contributed by atoms with Crippen LogP contribution in [0.2, 0.25) is 0 Å². The first kappa shape index (κ1) is 19.6. The lowest BCUT2D eigenvalue weighted by Gasteiger charge is -2.17. The molecule has 1 atom stereocenters. The summed E-state index contributed by atoms with van der Waals surface area (Å²) in [5.41, 5.74) is 3.43. The van der Waals surface area contributed by atoms with E-state index in [-0.39, 0.29) is 5.91 Å². The molecule has 3 rings (SSSR count). The van der Waals surface area contributed by atoms with Gasteiger partial charge >= 0.3 is 0 Å². The molecule has 27 heavy (non-hydrogen) atoms. The summed E-state index contributed by atoms with van der Waals surface area (Å²) < 4.78 is 7.69. The minimum atomic E-state index is -0.640. The van der Waals surface area contributed by atoms with Gasteiger partial charge < -0.3 is 4.74 Å². The Balaban J connectivity index is 1.71. The predicted octanol–water partition coefficient (Wildman–Crippen LogP) is 5.67. The normalized spacial score (nSPS) is 12.3. The number of halogens is 2. The monoisotopic (exact) mass is 488 g/mol. The third kappa shape index (κ3) is 4.76. The first-order valence-electron chi connectivity index (χ1n) is 8.51. The topological polar surface area (TPSA) is 50.7 Å². The van der Waals surface area contributed by atoms with Crippen LogP contribution in [0.3, 0.4) is 0 Å². The molecule has 0 radical (unpaired) electrons. The van der Waals surface area contributed by atoms with Gasteiger partial charge in [-0.1, -0.05) is 71.4 Å². The Morgan fingerprint density at radius 1 is 1.11 bits per heavy atom. The van der Waals surface area contributed by atoms with Crippen LogP contribution in [0.1, 0.15) is 18.9 Å². The molecule has 3 aromatic rings. The van der Waals surface area contributed by atoms with E-state index in [9.17, 15) is 4.79 Å². The predicted molar refractivity (Wildman–Crippen MR) is 116 cm³/mol. The summed E-state index contributed by atoms with van der Waals surface area (Å²) >= 11 is 7.03. The van der Waals surface area contributed by atoms with Gasteiger partial charge in [-0.3, -0.25) is 4.79 Å². The number of hydrogen-bond acceptors (Lipinski definition) is 3. The smallest absolute Gasteiger partial charge is 0.281 e. The van der Waals surface area contributed by atoms with Crippen LogP contribution in [-0.4, -0.2) is 18.2 Å². The minimum absolute atomic E-state index is 0.291. The van der Waals surface area contributed by atoms with E-state index in [1.54, 1.807) is 6.21 Å². The zero-order chi connectivity index (χ0) is 19.2. The van der Waals surface area contributed by atoms with E-state index in [0.29, 0.717) is 12.2 Å². The Hall–Kier alpha value is -2.18. The summed E-state index contributed by atoms with van der Waals surface area (Å²) in [5.74, 6) is 0.339. The average molecular weight is 490 g/mol. The second-order valence-electron chi connectivity index (χ2n) is 5.87. The molecule has 0 spiro atoms. The zero-order valence-corrected chi connectivity index (χ0v) is 17.8. The van der Waals surface area contributed by atoms with E-state index in [4.69, 9.17) is 4.74 Å². The first-order valence-corrected chi connectivity index (χ1v) is 10.1. The van der Waals surface area contributed by atoms with E-state index in [2.05, 4.69) is 42.4 Å². The maximum atomic E-state index is 12.5. The summed E-state index contributed by atoms with van der Waals surface area (Å²) in [5, 5.41) is 6.18. The lowest BCUT2D eigenvalue weighted by molar-refractivity contribution is -0.128. The highest BCUT2D eigenvalue weighted by atomic mass is 79.9. The van der Waals surface area contributed by atoms with Gasteiger partial charge in [0.25, 0.3) is 5.91 Å². The lowest BCUT2D eigenvalue weighted by Crippen LogP contribution is -2.35. The van der Waals surface area contributed by atoms with Crippen LogP contribution >= 0.6 is 31.9 Å². The van der Waals surface area contributed by atoms with E-state index in [0.717, 1.165) is 25.3 Å². The Morgan fingerprint density at radius 3 is 2.63 bits per heavy atom. The molecule has 1 N–H and O–H groups in total.